The molecule has 0 aromatic rings. The summed E-state index contributed by atoms with van der Waals surface area (Å²) in [5.74, 6) is 0.770. The van der Waals surface area contributed by atoms with Gasteiger partial charge in [0.1, 0.15) is 0 Å². The van der Waals surface area contributed by atoms with E-state index < -0.39 is 0 Å². The Labute approximate surface area is 76.2 Å². The van der Waals surface area contributed by atoms with Crippen molar-refractivity contribution in [2.24, 2.45) is 11.3 Å². The lowest BCUT2D eigenvalue weighted by Gasteiger charge is -2.23. The van der Waals surface area contributed by atoms with Gasteiger partial charge in [0.05, 0.1) is 13.7 Å². The molecule has 0 saturated carbocycles. The highest BCUT2D eigenvalue weighted by Crippen LogP contribution is 2.24. The van der Waals surface area contributed by atoms with E-state index in [0.29, 0.717) is 6.61 Å². The zero-order chi connectivity index (χ0) is 9.61. The largest absolute Gasteiger partial charge is 0.240 e. The van der Waals surface area contributed by atoms with Crippen LogP contribution in [0.1, 0.15) is 40.5 Å². The Bertz CT molecular complexity index is 108. The molecule has 0 spiro atoms. The van der Waals surface area contributed by atoms with Crippen LogP contribution in [-0.4, -0.2) is 13.7 Å². The van der Waals surface area contributed by atoms with Gasteiger partial charge in [-0.2, -0.15) is 0 Å². The highest BCUT2D eigenvalue weighted by molar-refractivity contribution is 4.67. The minimum atomic E-state index is 0.236. The van der Waals surface area contributed by atoms with E-state index in [1.54, 1.807) is 7.11 Å². The smallest absolute Gasteiger partial charge is 0.0873 e. The van der Waals surface area contributed by atoms with Crippen LogP contribution in [0.4, 0.5) is 0 Å². The summed E-state index contributed by atoms with van der Waals surface area (Å²) < 4.78 is 0. The molecule has 0 bridgehead atoms. The SMILES string of the molecule is COOCC(C)(C)CCC(C)C. The quantitative estimate of drug-likeness (QED) is 0.455. The van der Waals surface area contributed by atoms with Crippen LogP contribution >= 0.6 is 0 Å². The van der Waals surface area contributed by atoms with E-state index >= 15 is 0 Å². The van der Waals surface area contributed by atoms with E-state index in [2.05, 4.69) is 32.6 Å². The maximum atomic E-state index is 4.93. The predicted molar refractivity (Wildman–Crippen MR) is 50.8 cm³/mol. The lowest BCUT2D eigenvalue weighted by atomic mass is 9.86. The molecule has 0 rings (SSSR count). The first-order valence-corrected chi connectivity index (χ1v) is 4.63. The van der Waals surface area contributed by atoms with Crippen LogP contribution in [0, 0.1) is 11.3 Å². The van der Waals surface area contributed by atoms with Crippen molar-refractivity contribution in [3.8, 4) is 0 Å². The van der Waals surface area contributed by atoms with Crippen LogP contribution in [-0.2, 0) is 9.78 Å². The highest BCUT2D eigenvalue weighted by atomic mass is 17.2. The summed E-state index contributed by atoms with van der Waals surface area (Å²) in [4.78, 5) is 9.52. The summed E-state index contributed by atoms with van der Waals surface area (Å²) in [5, 5.41) is 0. The van der Waals surface area contributed by atoms with Crippen molar-refractivity contribution >= 4 is 0 Å². The van der Waals surface area contributed by atoms with Crippen LogP contribution < -0.4 is 0 Å². The van der Waals surface area contributed by atoms with E-state index in [1.165, 1.54) is 12.8 Å². The monoisotopic (exact) mass is 174 g/mol. The second-order valence-electron chi connectivity index (χ2n) is 4.53. The van der Waals surface area contributed by atoms with Gasteiger partial charge in [-0.05, 0) is 17.8 Å². The Hall–Kier alpha value is -0.0800. The summed E-state index contributed by atoms with van der Waals surface area (Å²) >= 11 is 0. The second kappa shape index (κ2) is 5.55. The van der Waals surface area contributed by atoms with E-state index in [9.17, 15) is 0 Å². The zero-order valence-corrected chi connectivity index (χ0v) is 9.02. The van der Waals surface area contributed by atoms with Gasteiger partial charge in [0.15, 0.2) is 0 Å². The van der Waals surface area contributed by atoms with Gasteiger partial charge in [-0.15, -0.1) is 0 Å². The van der Waals surface area contributed by atoms with Gasteiger partial charge in [0.2, 0.25) is 0 Å². The molecule has 0 heterocycles. The molecule has 0 aliphatic heterocycles. The first kappa shape index (κ1) is 11.9. The molecule has 0 aliphatic rings. The van der Waals surface area contributed by atoms with Gasteiger partial charge in [0.25, 0.3) is 0 Å². The van der Waals surface area contributed by atoms with Crippen LogP contribution in [0.2, 0.25) is 0 Å². The fraction of sp³-hybridized carbons (Fsp3) is 1.00. The summed E-state index contributed by atoms with van der Waals surface area (Å²) in [6, 6.07) is 0. The van der Waals surface area contributed by atoms with Gasteiger partial charge in [-0.1, -0.05) is 34.1 Å². The average molecular weight is 174 g/mol. The number of hydrogen-bond donors (Lipinski definition) is 0. The fourth-order valence-electron chi connectivity index (χ4n) is 0.970. The maximum Gasteiger partial charge on any atom is 0.0873 e. The second-order valence-corrected chi connectivity index (χ2v) is 4.53. The summed E-state index contributed by atoms with van der Waals surface area (Å²) in [6.45, 7) is 9.57. The Balaban J connectivity index is 3.56. The van der Waals surface area contributed by atoms with Crippen LogP contribution in [0.5, 0.6) is 0 Å². The minimum Gasteiger partial charge on any atom is -0.240 e. The van der Waals surface area contributed by atoms with Crippen molar-refractivity contribution in [1.29, 1.82) is 0 Å². The molecule has 0 fully saturated rings. The predicted octanol–water partition coefficient (Wildman–Crippen LogP) is 3.03. The molecule has 74 valence electrons. The summed E-state index contributed by atoms with van der Waals surface area (Å²) in [7, 11) is 1.55. The molecule has 2 heteroatoms. The first-order chi connectivity index (χ1) is 5.48. The molecule has 0 aromatic heterocycles. The third kappa shape index (κ3) is 6.62. The molecule has 0 radical (unpaired) electrons. The molecule has 0 amide bonds. The standard InChI is InChI=1S/C10H22O2/c1-9(2)6-7-10(3,4)8-12-11-5/h9H,6-8H2,1-5H3. The molecule has 0 aliphatic carbocycles. The van der Waals surface area contributed by atoms with Crippen molar-refractivity contribution in [2.45, 2.75) is 40.5 Å². The van der Waals surface area contributed by atoms with Crippen molar-refractivity contribution in [3.05, 3.63) is 0 Å². The molecule has 0 aromatic carbocycles. The van der Waals surface area contributed by atoms with E-state index in [0.717, 1.165) is 5.92 Å². The Kier molecular flexibility index (Phi) is 5.51. The summed E-state index contributed by atoms with van der Waals surface area (Å²) in [6.07, 6.45) is 2.44. The number of hydrogen-bond acceptors (Lipinski definition) is 2. The van der Waals surface area contributed by atoms with Gasteiger partial charge in [-0.3, -0.25) is 0 Å². The minimum absolute atomic E-state index is 0.236. The Morgan fingerprint density at radius 2 is 1.83 bits per heavy atom. The van der Waals surface area contributed by atoms with Crippen molar-refractivity contribution in [2.75, 3.05) is 13.7 Å². The van der Waals surface area contributed by atoms with Gasteiger partial charge < -0.3 is 0 Å². The Morgan fingerprint density at radius 3 is 2.25 bits per heavy atom. The summed E-state index contributed by atoms with van der Waals surface area (Å²) in [5.41, 5.74) is 0.236. The van der Waals surface area contributed by atoms with Crippen LogP contribution in [0.25, 0.3) is 0 Å². The third-order valence-corrected chi connectivity index (χ3v) is 1.97. The molecule has 0 atom stereocenters. The number of rotatable bonds is 6. The van der Waals surface area contributed by atoms with Gasteiger partial charge >= 0.3 is 0 Å². The highest BCUT2D eigenvalue weighted by Gasteiger charge is 2.18. The average Bonchev–Trinajstić information content (AvgIpc) is 1.98. The van der Waals surface area contributed by atoms with E-state index in [1.807, 2.05) is 0 Å². The molecule has 12 heavy (non-hydrogen) atoms. The molecule has 0 saturated heterocycles. The van der Waals surface area contributed by atoms with Gasteiger partial charge in [-0.25, -0.2) is 9.78 Å². The normalized spacial score (nSPS) is 12.5. The van der Waals surface area contributed by atoms with Gasteiger partial charge in [0, 0.05) is 0 Å². The Morgan fingerprint density at radius 1 is 1.25 bits per heavy atom. The van der Waals surface area contributed by atoms with Crippen LogP contribution in [0.15, 0.2) is 0 Å². The fourth-order valence-corrected chi connectivity index (χ4v) is 0.970. The van der Waals surface area contributed by atoms with Crippen molar-refractivity contribution < 1.29 is 9.78 Å². The van der Waals surface area contributed by atoms with E-state index in [-0.39, 0.29) is 5.41 Å². The lowest BCUT2D eigenvalue weighted by molar-refractivity contribution is -0.287. The third-order valence-electron chi connectivity index (χ3n) is 1.97. The molecule has 2 nitrogen and oxygen atoms in total. The molecular formula is C10H22O2. The lowest BCUT2D eigenvalue weighted by Crippen LogP contribution is -2.19. The molecular weight excluding hydrogens is 152 g/mol. The van der Waals surface area contributed by atoms with E-state index in [4.69, 9.17) is 4.89 Å². The van der Waals surface area contributed by atoms with Crippen LogP contribution in [0.3, 0.4) is 0 Å². The van der Waals surface area contributed by atoms with Crippen molar-refractivity contribution in [1.82, 2.24) is 0 Å². The zero-order valence-electron chi connectivity index (χ0n) is 9.02. The molecule has 0 unspecified atom stereocenters. The maximum absolute atomic E-state index is 4.93. The topological polar surface area (TPSA) is 18.5 Å². The first-order valence-electron chi connectivity index (χ1n) is 4.63. The molecule has 0 N–H and O–H groups in total. The van der Waals surface area contributed by atoms with Crippen molar-refractivity contribution in [3.63, 3.8) is 0 Å².